The number of carbonyl (C=O) groups is 2. The average molecular weight is 288 g/mol. The summed E-state index contributed by atoms with van der Waals surface area (Å²) in [6, 6.07) is 5.93. The Balaban J connectivity index is 2.14. The van der Waals surface area contributed by atoms with E-state index < -0.39 is 5.41 Å². The molecular weight excluding hydrogens is 264 g/mol. The van der Waals surface area contributed by atoms with E-state index in [0.29, 0.717) is 25.9 Å². The number of nitrogens with one attached hydrogen (secondary N) is 1. The maximum absolute atomic E-state index is 12.5. The topological polar surface area (TPSA) is 49.4 Å². The zero-order valence-corrected chi connectivity index (χ0v) is 13.3. The van der Waals surface area contributed by atoms with Gasteiger partial charge in [0.25, 0.3) is 0 Å². The van der Waals surface area contributed by atoms with Gasteiger partial charge in [-0.2, -0.15) is 0 Å². The van der Waals surface area contributed by atoms with Crippen LogP contribution in [0.1, 0.15) is 37.8 Å². The number of carbonyl (C=O) groups excluding carboxylic acids is 2. The standard InChI is InChI=1S/C17H24N2O2/c1-5-19(6-2)16(21)17(7-8-17)15(20)18-14-10-12(3)9-13(4)11-14/h9-11H,5-8H2,1-4H3,(H,18,20). The van der Waals surface area contributed by atoms with Crippen LogP contribution >= 0.6 is 0 Å². The minimum Gasteiger partial charge on any atom is -0.342 e. The van der Waals surface area contributed by atoms with Crippen LogP contribution in [0.25, 0.3) is 0 Å². The molecule has 1 saturated carbocycles. The summed E-state index contributed by atoms with van der Waals surface area (Å²) in [5, 5.41) is 2.92. The van der Waals surface area contributed by atoms with Gasteiger partial charge in [0.2, 0.25) is 11.8 Å². The zero-order valence-electron chi connectivity index (χ0n) is 13.3. The normalized spacial score (nSPS) is 15.4. The van der Waals surface area contributed by atoms with E-state index >= 15 is 0 Å². The third-order valence-corrected chi connectivity index (χ3v) is 4.12. The van der Waals surface area contributed by atoms with Crippen molar-refractivity contribution in [3.63, 3.8) is 0 Å². The van der Waals surface area contributed by atoms with Crippen molar-refractivity contribution in [1.82, 2.24) is 4.90 Å². The second kappa shape index (κ2) is 5.88. The summed E-state index contributed by atoms with van der Waals surface area (Å²) in [6.45, 7) is 9.17. The van der Waals surface area contributed by atoms with Crippen LogP contribution in [0.15, 0.2) is 18.2 Å². The Kier molecular flexibility index (Phi) is 4.35. The van der Waals surface area contributed by atoms with Crippen LogP contribution in [-0.4, -0.2) is 29.8 Å². The Hall–Kier alpha value is -1.84. The van der Waals surface area contributed by atoms with Gasteiger partial charge in [-0.1, -0.05) is 6.07 Å². The molecule has 114 valence electrons. The van der Waals surface area contributed by atoms with E-state index in [1.54, 1.807) is 4.90 Å². The number of hydrogen-bond acceptors (Lipinski definition) is 2. The Morgan fingerprint density at radius 1 is 1.10 bits per heavy atom. The van der Waals surface area contributed by atoms with E-state index in [1.165, 1.54) is 0 Å². The molecule has 0 spiro atoms. The van der Waals surface area contributed by atoms with E-state index in [9.17, 15) is 9.59 Å². The lowest BCUT2D eigenvalue weighted by Gasteiger charge is -2.24. The number of rotatable bonds is 5. The van der Waals surface area contributed by atoms with Gasteiger partial charge < -0.3 is 10.2 Å². The van der Waals surface area contributed by atoms with Gasteiger partial charge in [0, 0.05) is 18.8 Å². The summed E-state index contributed by atoms with van der Waals surface area (Å²) < 4.78 is 0. The van der Waals surface area contributed by atoms with Crippen LogP contribution < -0.4 is 5.32 Å². The van der Waals surface area contributed by atoms with Gasteiger partial charge in [0.05, 0.1) is 0 Å². The van der Waals surface area contributed by atoms with Crippen molar-refractivity contribution in [2.24, 2.45) is 5.41 Å². The quantitative estimate of drug-likeness (QED) is 0.847. The van der Waals surface area contributed by atoms with Crippen molar-refractivity contribution in [3.05, 3.63) is 29.3 Å². The molecular formula is C17H24N2O2. The Morgan fingerprint density at radius 2 is 1.62 bits per heavy atom. The van der Waals surface area contributed by atoms with E-state index in [1.807, 2.05) is 39.8 Å². The minimum atomic E-state index is -0.830. The lowest BCUT2D eigenvalue weighted by atomic mass is 10.0. The first kappa shape index (κ1) is 15.5. The second-order valence-corrected chi connectivity index (χ2v) is 5.89. The van der Waals surface area contributed by atoms with Gasteiger partial charge in [-0.05, 0) is 63.8 Å². The lowest BCUT2D eigenvalue weighted by molar-refractivity contribution is -0.141. The first-order chi connectivity index (χ1) is 9.92. The third-order valence-electron chi connectivity index (χ3n) is 4.12. The maximum atomic E-state index is 12.5. The van der Waals surface area contributed by atoms with Gasteiger partial charge >= 0.3 is 0 Å². The smallest absolute Gasteiger partial charge is 0.240 e. The van der Waals surface area contributed by atoms with Gasteiger partial charge in [-0.15, -0.1) is 0 Å². The molecule has 0 heterocycles. The van der Waals surface area contributed by atoms with Gasteiger partial charge in [0.1, 0.15) is 5.41 Å². The molecule has 1 aromatic rings. The zero-order chi connectivity index (χ0) is 15.6. The van der Waals surface area contributed by atoms with E-state index in [0.717, 1.165) is 16.8 Å². The molecule has 1 fully saturated rings. The van der Waals surface area contributed by atoms with E-state index in [-0.39, 0.29) is 11.8 Å². The third kappa shape index (κ3) is 3.09. The number of nitrogens with zero attached hydrogens (tertiary/aromatic N) is 1. The highest BCUT2D eigenvalue weighted by molar-refractivity contribution is 6.13. The largest absolute Gasteiger partial charge is 0.342 e. The molecule has 0 aliphatic heterocycles. The Labute approximate surface area is 126 Å². The Morgan fingerprint density at radius 3 is 2.05 bits per heavy atom. The van der Waals surface area contributed by atoms with Crippen LogP contribution in [0.2, 0.25) is 0 Å². The fraction of sp³-hybridized carbons (Fsp3) is 0.529. The predicted molar refractivity (Wildman–Crippen MR) is 84.1 cm³/mol. The highest BCUT2D eigenvalue weighted by Gasteiger charge is 2.57. The Bertz CT molecular complexity index is 538. The molecule has 4 heteroatoms. The van der Waals surface area contributed by atoms with Crippen LogP contribution in [0.4, 0.5) is 5.69 Å². The molecule has 4 nitrogen and oxygen atoms in total. The predicted octanol–water partition coefficient (Wildman–Crippen LogP) is 2.89. The number of benzene rings is 1. The number of aryl methyl sites for hydroxylation is 2. The van der Waals surface area contributed by atoms with Crippen LogP contribution in [-0.2, 0) is 9.59 Å². The van der Waals surface area contributed by atoms with Crippen molar-refractivity contribution in [2.45, 2.75) is 40.5 Å². The molecule has 1 aliphatic carbocycles. The molecule has 0 atom stereocenters. The molecule has 1 N–H and O–H groups in total. The summed E-state index contributed by atoms with van der Waals surface area (Å²) in [5.41, 5.74) is 2.15. The number of anilines is 1. The van der Waals surface area contributed by atoms with Crippen molar-refractivity contribution in [2.75, 3.05) is 18.4 Å². The summed E-state index contributed by atoms with van der Waals surface area (Å²) >= 11 is 0. The van der Waals surface area contributed by atoms with Crippen molar-refractivity contribution < 1.29 is 9.59 Å². The molecule has 0 bridgehead atoms. The lowest BCUT2D eigenvalue weighted by Crippen LogP contribution is -2.42. The van der Waals surface area contributed by atoms with Gasteiger partial charge in [-0.25, -0.2) is 0 Å². The highest BCUT2D eigenvalue weighted by atomic mass is 16.2. The number of amides is 2. The fourth-order valence-corrected chi connectivity index (χ4v) is 2.77. The van der Waals surface area contributed by atoms with Crippen LogP contribution in [0.3, 0.4) is 0 Å². The average Bonchev–Trinajstić information content (AvgIpc) is 3.20. The van der Waals surface area contributed by atoms with Gasteiger partial charge in [-0.3, -0.25) is 9.59 Å². The van der Waals surface area contributed by atoms with Crippen molar-refractivity contribution >= 4 is 17.5 Å². The van der Waals surface area contributed by atoms with Crippen LogP contribution in [0.5, 0.6) is 0 Å². The minimum absolute atomic E-state index is 0.0330. The molecule has 0 saturated heterocycles. The molecule has 0 radical (unpaired) electrons. The summed E-state index contributed by atoms with van der Waals surface area (Å²) in [4.78, 5) is 26.8. The second-order valence-electron chi connectivity index (χ2n) is 5.89. The maximum Gasteiger partial charge on any atom is 0.240 e. The first-order valence-electron chi connectivity index (χ1n) is 7.62. The van der Waals surface area contributed by atoms with E-state index in [4.69, 9.17) is 0 Å². The molecule has 21 heavy (non-hydrogen) atoms. The molecule has 1 aromatic carbocycles. The summed E-state index contributed by atoms with van der Waals surface area (Å²) in [5.74, 6) is -0.196. The molecule has 2 rings (SSSR count). The SMILES string of the molecule is CCN(CC)C(=O)C1(C(=O)Nc2cc(C)cc(C)c2)CC1. The summed E-state index contributed by atoms with van der Waals surface area (Å²) in [6.07, 6.45) is 1.30. The first-order valence-corrected chi connectivity index (χ1v) is 7.62. The van der Waals surface area contributed by atoms with Gasteiger partial charge in [0.15, 0.2) is 0 Å². The van der Waals surface area contributed by atoms with E-state index in [2.05, 4.69) is 11.4 Å². The molecule has 0 unspecified atom stereocenters. The number of hydrogen-bond donors (Lipinski definition) is 1. The molecule has 0 aromatic heterocycles. The highest BCUT2D eigenvalue weighted by Crippen LogP contribution is 2.48. The van der Waals surface area contributed by atoms with Crippen molar-refractivity contribution in [3.8, 4) is 0 Å². The fourth-order valence-electron chi connectivity index (χ4n) is 2.77. The van der Waals surface area contributed by atoms with Crippen LogP contribution in [0, 0.1) is 19.3 Å². The summed E-state index contributed by atoms with van der Waals surface area (Å²) in [7, 11) is 0. The molecule has 2 amide bonds. The molecule has 1 aliphatic rings. The monoisotopic (exact) mass is 288 g/mol. The van der Waals surface area contributed by atoms with Crippen molar-refractivity contribution in [1.29, 1.82) is 0 Å².